The van der Waals surface area contributed by atoms with E-state index in [9.17, 15) is 10.0 Å². The van der Waals surface area contributed by atoms with Crippen LogP contribution in [-0.4, -0.2) is 29.8 Å². The van der Waals surface area contributed by atoms with Crippen LogP contribution in [0.25, 0.3) is 0 Å². The second kappa shape index (κ2) is 3.48. The predicted octanol–water partition coefficient (Wildman–Crippen LogP) is 0.566. The number of hydrogen-bond donors (Lipinski definition) is 0. The van der Waals surface area contributed by atoms with E-state index in [2.05, 4.69) is 4.99 Å². The van der Waals surface area contributed by atoms with Crippen LogP contribution in [0, 0.1) is 5.21 Å². The highest BCUT2D eigenvalue weighted by molar-refractivity contribution is 5.85. The molecule has 0 aromatic heterocycles. The molecular formula is C7H11N2O2-. The molecule has 0 saturated carbocycles. The van der Waals surface area contributed by atoms with Crippen molar-refractivity contribution >= 4 is 12.1 Å². The average Bonchev–Trinajstić information content (AvgIpc) is 2.05. The Hall–Kier alpha value is -0.900. The summed E-state index contributed by atoms with van der Waals surface area (Å²) in [7, 11) is 0. The van der Waals surface area contributed by atoms with Crippen LogP contribution in [0.5, 0.6) is 0 Å². The zero-order valence-corrected chi connectivity index (χ0v) is 6.49. The molecule has 0 aliphatic carbocycles. The van der Waals surface area contributed by atoms with Gasteiger partial charge in [-0.2, -0.15) is 0 Å². The number of hydrogen-bond acceptors (Lipinski definition) is 4. The third-order valence-electron chi connectivity index (χ3n) is 1.75. The lowest BCUT2D eigenvalue weighted by atomic mass is 10.2. The van der Waals surface area contributed by atoms with Gasteiger partial charge < -0.3 is 15.1 Å². The highest BCUT2D eigenvalue weighted by Gasteiger charge is 2.15. The summed E-state index contributed by atoms with van der Waals surface area (Å²) in [6, 6.07) is -0.498. The van der Waals surface area contributed by atoms with Gasteiger partial charge in [-0.1, -0.05) is 6.92 Å². The molecule has 4 nitrogen and oxygen atoms in total. The van der Waals surface area contributed by atoms with Crippen molar-refractivity contribution < 1.29 is 4.79 Å². The van der Waals surface area contributed by atoms with Gasteiger partial charge in [0.25, 0.3) is 0 Å². The van der Waals surface area contributed by atoms with Gasteiger partial charge in [0.1, 0.15) is 6.29 Å². The summed E-state index contributed by atoms with van der Waals surface area (Å²) >= 11 is 0. The average molecular weight is 155 g/mol. The fraction of sp³-hybridized carbons (Fsp3) is 0.714. The van der Waals surface area contributed by atoms with Crippen molar-refractivity contribution in [3.05, 3.63) is 5.21 Å². The van der Waals surface area contributed by atoms with Crippen molar-refractivity contribution in [3.8, 4) is 0 Å². The molecule has 4 heteroatoms. The number of carbonyl (C=O) groups is 1. The van der Waals surface area contributed by atoms with E-state index < -0.39 is 6.04 Å². The Labute approximate surface area is 65.5 Å². The van der Waals surface area contributed by atoms with Gasteiger partial charge in [0, 0.05) is 13.0 Å². The Bertz CT molecular complexity index is 179. The minimum absolute atomic E-state index is 0.494. The summed E-state index contributed by atoms with van der Waals surface area (Å²) in [5, 5.41) is 11.9. The van der Waals surface area contributed by atoms with E-state index in [0.29, 0.717) is 31.5 Å². The fourth-order valence-corrected chi connectivity index (χ4v) is 1.10. The lowest BCUT2D eigenvalue weighted by Gasteiger charge is -2.39. The second-order valence-electron chi connectivity index (χ2n) is 2.47. The van der Waals surface area contributed by atoms with Crippen molar-refractivity contribution in [2.75, 3.05) is 6.54 Å². The summed E-state index contributed by atoms with van der Waals surface area (Å²) in [6.45, 7) is 2.46. The van der Waals surface area contributed by atoms with Crippen LogP contribution in [0.15, 0.2) is 4.99 Å². The molecule has 1 heterocycles. The SMILES string of the molecule is CCC1=NCCC(C=O)N1[O-]. The van der Waals surface area contributed by atoms with E-state index in [1.807, 2.05) is 6.92 Å². The topological polar surface area (TPSA) is 55.7 Å². The number of aldehydes is 1. The molecule has 1 unspecified atom stereocenters. The molecule has 1 rings (SSSR count). The smallest absolute Gasteiger partial charge is 0.141 e. The van der Waals surface area contributed by atoms with Crippen molar-refractivity contribution in [1.82, 2.24) is 5.06 Å². The standard InChI is InChI=1S/C7H11N2O2/c1-2-7-8-4-3-6(5-10)9(7)11/h5-6H,2-4H2,1H3/q-1. The molecule has 0 aromatic rings. The monoisotopic (exact) mass is 155 g/mol. The predicted molar refractivity (Wildman–Crippen MR) is 42.3 cm³/mol. The van der Waals surface area contributed by atoms with Gasteiger partial charge in [-0.25, -0.2) is 0 Å². The van der Waals surface area contributed by atoms with Crippen LogP contribution in [0.4, 0.5) is 0 Å². The van der Waals surface area contributed by atoms with E-state index in [1.165, 1.54) is 0 Å². The highest BCUT2D eigenvalue weighted by atomic mass is 16.5. The Balaban J connectivity index is 2.67. The molecule has 0 bridgehead atoms. The van der Waals surface area contributed by atoms with Crippen LogP contribution in [0.2, 0.25) is 0 Å². The maximum absolute atomic E-state index is 11.1. The maximum Gasteiger partial charge on any atom is 0.141 e. The van der Waals surface area contributed by atoms with Gasteiger partial charge in [0.2, 0.25) is 0 Å². The number of nitrogens with zero attached hydrogens (tertiary/aromatic N) is 2. The molecule has 0 aromatic carbocycles. The molecule has 0 saturated heterocycles. The summed E-state index contributed by atoms with van der Waals surface area (Å²) in [6.07, 6.45) is 1.85. The van der Waals surface area contributed by atoms with Crippen molar-refractivity contribution in [2.24, 2.45) is 4.99 Å². The van der Waals surface area contributed by atoms with Crippen LogP contribution in [0.3, 0.4) is 0 Å². The first-order valence-electron chi connectivity index (χ1n) is 3.74. The molecule has 1 aliphatic heterocycles. The van der Waals surface area contributed by atoms with Gasteiger partial charge in [-0.3, -0.25) is 4.99 Å². The molecule has 0 amide bonds. The van der Waals surface area contributed by atoms with E-state index in [0.717, 1.165) is 5.06 Å². The molecule has 1 aliphatic rings. The van der Waals surface area contributed by atoms with Gasteiger partial charge in [0.05, 0.1) is 11.9 Å². The summed E-state index contributed by atoms with van der Waals surface area (Å²) in [4.78, 5) is 14.3. The highest BCUT2D eigenvalue weighted by Crippen LogP contribution is 2.10. The summed E-state index contributed by atoms with van der Waals surface area (Å²) < 4.78 is 0. The Morgan fingerprint density at radius 3 is 3.18 bits per heavy atom. The number of amidine groups is 1. The van der Waals surface area contributed by atoms with E-state index in [4.69, 9.17) is 0 Å². The minimum atomic E-state index is -0.498. The zero-order valence-electron chi connectivity index (χ0n) is 6.49. The first kappa shape index (κ1) is 8.20. The van der Waals surface area contributed by atoms with Crippen LogP contribution in [0.1, 0.15) is 19.8 Å². The minimum Gasteiger partial charge on any atom is -0.757 e. The Morgan fingerprint density at radius 2 is 2.64 bits per heavy atom. The number of aliphatic imine (C=N–C) groups is 1. The van der Waals surface area contributed by atoms with Gasteiger partial charge >= 0.3 is 0 Å². The maximum atomic E-state index is 11.1. The van der Waals surface area contributed by atoms with Crippen molar-refractivity contribution in [3.63, 3.8) is 0 Å². The second-order valence-corrected chi connectivity index (χ2v) is 2.47. The molecule has 0 radical (unpaired) electrons. The van der Waals surface area contributed by atoms with Gasteiger partial charge in [-0.15, -0.1) is 0 Å². The molecule has 1 atom stereocenters. The van der Waals surface area contributed by atoms with E-state index >= 15 is 0 Å². The first-order valence-corrected chi connectivity index (χ1v) is 3.74. The number of rotatable bonds is 2. The quantitative estimate of drug-likeness (QED) is 0.547. The molecule has 0 N–H and O–H groups in total. The third-order valence-corrected chi connectivity index (χ3v) is 1.75. The molecule has 62 valence electrons. The molecule has 0 fully saturated rings. The molecule has 11 heavy (non-hydrogen) atoms. The molecule has 0 spiro atoms. The molecular weight excluding hydrogens is 144 g/mol. The number of hydroxylamine groups is 2. The first-order chi connectivity index (χ1) is 5.29. The Morgan fingerprint density at radius 1 is 1.91 bits per heavy atom. The summed E-state index contributed by atoms with van der Waals surface area (Å²) in [5.74, 6) is 0.494. The van der Waals surface area contributed by atoms with Crippen LogP contribution >= 0.6 is 0 Å². The van der Waals surface area contributed by atoms with E-state index in [-0.39, 0.29) is 0 Å². The van der Waals surface area contributed by atoms with Crippen molar-refractivity contribution in [2.45, 2.75) is 25.8 Å². The lowest BCUT2D eigenvalue weighted by Crippen LogP contribution is -2.40. The number of carbonyl (C=O) groups excluding carboxylic acids is 1. The normalized spacial score (nSPS) is 24.7. The van der Waals surface area contributed by atoms with Crippen molar-refractivity contribution in [1.29, 1.82) is 0 Å². The van der Waals surface area contributed by atoms with Gasteiger partial charge in [-0.05, 0) is 6.42 Å². The lowest BCUT2D eigenvalue weighted by molar-refractivity contribution is -0.111. The largest absolute Gasteiger partial charge is 0.757 e. The zero-order chi connectivity index (χ0) is 8.27. The summed E-state index contributed by atoms with van der Waals surface area (Å²) in [5.41, 5.74) is 0. The van der Waals surface area contributed by atoms with Crippen LogP contribution in [-0.2, 0) is 4.79 Å². The van der Waals surface area contributed by atoms with Gasteiger partial charge in [0.15, 0.2) is 0 Å². The third kappa shape index (κ3) is 1.57. The van der Waals surface area contributed by atoms with E-state index in [1.54, 1.807) is 0 Å². The Kier molecular flexibility index (Phi) is 2.59. The fourth-order valence-electron chi connectivity index (χ4n) is 1.10. The van der Waals surface area contributed by atoms with Crippen LogP contribution < -0.4 is 0 Å².